The Morgan fingerprint density at radius 2 is 1.68 bits per heavy atom. The van der Waals surface area contributed by atoms with Crippen molar-refractivity contribution in [3.63, 3.8) is 0 Å². The van der Waals surface area contributed by atoms with E-state index in [1.807, 2.05) is 25.5 Å². The Morgan fingerprint density at radius 1 is 1.11 bits per heavy atom. The zero-order valence-electron chi connectivity index (χ0n) is 18.1. The molecule has 0 amide bonds. The minimum atomic E-state index is -4.17. The maximum atomic E-state index is 12.7. The van der Waals surface area contributed by atoms with Gasteiger partial charge in [-0.05, 0) is 38.9 Å². The van der Waals surface area contributed by atoms with Crippen LogP contribution in [0.15, 0.2) is 18.2 Å². The number of aryl methyl sites for hydroxylation is 2. The normalized spacial score (nSPS) is 14.1. The van der Waals surface area contributed by atoms with Gasteiger partial charge in [-0.2, -0.15) is 18.3 Å². The predicted molar refractivity (Wildman–Crippen MR) is 107 cm³/mol. The van der Waals surface area contributed by atoms with Crippen molar-refractivity contribution in [1.82, 2.24) is 19.2 Å². The highest BCUT2D eigenvalue weighted by Crippen LogP contribution is 2.27. The summed E-state index contributed by atoms with van der Waals surface area (Å²) in [6, 6.07) is 6.23. The molecule has 2 heterocycles. The summed E-state index contributed by atoms with van der Waals surface area (Å²) >= 11 is 0. The second kappa shape index (κ2) is 8.31. The molecule has 0 saturated carbocycles. The van der Waals surface area contributed by atoms with Gasteiger partial charge < -0.3 is 4.57 Å². The van der Waals surface area contributed by atoms with Gasteiger partial charge in [0.05, 0.1) is 6.54 Å². The fourth-order valence-electron chi connectivity index (χ4n) is 3.66. The molecule has 1 unspecified atom stereocenters. The quantitative estimate of drug-likeness (QED) is 0.648. The topological polar surface area (TPSA) is 26.0 Å². The Morgan fingerprint density at radius 3 is 2.14 bits per heavy atom. The van der Waals surface area contributed by atoms with Crippen LogP contribution in [0.2, 0.25) is 0 Å². The molecule has 2 aromatic heterocycles. The van der Waals surface area contributed by atoms with Gasteiger partial charge in [0.15, 0.2) is 5.82 Å². The summed E-state index contributed by atoms with van der Waals surface area (Å²) in [5, 5.41) is 4.85. The highest BCUT2D eigenvalue weighted by Gasteiger charge is 2.30. The van der Waals surface area contributed by atoms with E-state index in [0.717, 1.165) is 29.3 Å². The first-order valence-corrected chi connectivity index (χ1v) is 9.80. The van der Waals surface area contributed by atoms with Gasteiger partial charge in [-0.1, -0.05) is 34.1 Å². The van der Waals surface area contributed by atoms with Crippen molar-refractivity contribution in [3.05, 3.63) is 35.3 Å². The van der Waals surface area contributed by atoms with Crippen LogP contribution < -0.4 is 0 Å². The Kier molecular flexibility index (Phi) is 6.69. The summed E-state index contributed by atoms with van der Waals surface area (Å²) in [6.45, 7) is 12.6. The van der Waals surface area contributed by atoms with Gasteiger partial charge in [-0.3, -0.25) is 9.58 Å². The van der Waals surface area contributed by atoms with Gasteiger partial charge in [0.1, 0.15) is 0 Å². The summed E-state index contributed by atoms with van der Waals surface area (Å²) in [4.78, 5) is 1.36. The van der Waals surface area contributed by atoms with E-state index in [0.29, 0.717) is 13.1 Å². The molecular formula is C21H33F3N4. The molecule has 0 saturated heterocycles. The minimum absolute atomic E-state index is 0.0908. The first kappa shape index (κ1) is 22.5. The second-order valence-corrected chi connectivity index (χ2v) is 8.86. The van der Waals surface area contributed by atoms with Crippen molar-refractivity contribution >= 4 is 0 Å². The molecule has 158 valence electrons. The van der Waals surface area contributed by atoms with Crippen LogP contribution >= 0.6 is 0 Å². The van der Waals surface area contributed by atoms with Crippen LogP contribution in [0.5, 0.6) is 0 Å². The van der Waals surface area contributed by atoms with Gasteiger partial charge in [0.2, 0.25) is 0 Å². The monoisotopic (exact) mass is 398 g/mol. The predicted octanol–water partition coefficient (Wildman–Crippen LogP) is 5.11. The van der Waals surface area contributed by atoms with E-state index < -0.39 is 12.7 Å². The summed E-state index contributed by atoms with van der Waals surface area (Å²) in [7, 11) is 1.53. The molecule has 28 heavy (non-hydrogen) atoms. The molecule has 4 nitrogen and oxygen atoms in total. The minimum Gasteiger partial charge on any atom is -0.302 e. The molecule has 2 aromatic rings. The fraction of sp³-hybridized carbons (Fsp3) is 0.667. The van der Waals surface area contributed by atoms with Gasteiger partial charge >= 0.3 is 6.18 Å². The molecule has 0 radical (unpaired) electrons. The summed E-state index contributed by atoms with van der Waals surface area (Å²) in [5.41, 5.74) is 3.20. The van der Waals surface area contributed by atoms with E-state index in [9.17, 15) is 13.2 Å². The highest BCUT2D eigenvalue weighted by atomic mass is 19.4. The zero-order chi connectivity index (χ0) is 21.3. The number of hydrogen-bond donors (Lipinski definition) is 0. The molecule has 0 spiro atoms. The van der Waals surface area contributed by atoms with E-state index in [1.165, 1.54) is 11.9 Å². The van der Waals surface area contributed by atoms with Crippen LogP contribution in [-0.4, -0.2) is 45.6 Å². The number of alkyl halides is 3. The molecule has 0 fully saturated rings. The lowest BCUT2D eigenvalue weighted by Gasteiger charge is -2.26. The summed E-state index contributed by atoms with van der Waals surface area (Å²) in [6.07, 6.45) is -3.38. The van der Waals surface area contributed by atoms with E-state index in [4.69, 9.17) is 5.10 Å². The average Bonchev–Trinajstić information content (AvgIpc) is 3.07. The molecule has 0 aliphatic rings. The molecule has 0 aliphatic heterocycles. The van der Waals surface area contributed by atoms with Gasteiger partial charge in [-0.15, -0.1) is 0 Å². The SMILES string of the molecule is CCC(CN(C)CC(F)(F)F)Cn1nc(-n2c(C)ccc2C)cc1C(C)(C)C. The average molecular weight is 399 g/mol. The van der Waals surface area contributed by atoms with Crippen LogP contribution in [0.25, 0.3) is 5.82 Å². The lowest BCUT2D eigenvalue weighted by atomic mass is 9.91. The smallest absolute Gasteiger partial charge is 0.302 e. The van der Waals surface area contributed by atoms with Gasteiger partial charge in [0.25, 0.3) is 0 Å². The maximum Gasteiger partial charge on any atom is 0.401 e. The molecule has 0 aromatic carbocycles. The van der Waals surface area contributed by atoms with E-state index in [1.54, 1.807) is 0 Å². The van der Waals surface area contributed by atoms with E-state index >= 15 is 0 Å². The van der Waals surface area contributed by atoms with Crippen LogP contribution in [0.4, 0.5) is 13.2 Å². The second-order valence-electron chi connectivity index (χ2n) is 8.86. The lowest BCUT2D eigenvalue weighted by Crippen LogP contribution is -2.36. The summed E-state index contributed by atoms with van der Waals surface area (Å²) in [5.74, 6) is 0.955. The van der Waals surface area contributed by atoms with Crippen LogP contribution in [0.1, 0.15) is 51.2 Å². The third-order valence-corrected chi connectivity index (χ3v) is 5.06. The molecule has 0 bridgehead atoms. The molecule has 7 heteroatoms. The van der Waals surface area contributed by atoms with E-state index in [-0.39, 0.29) is 11.3 Å². The third kappa shape index (κ3) is 5.63. The molecule has 0 aliphatic carbocycles. The highest BCUT2D eigenvalue weighted by molar-refractivity contribution is 5.34. The number of rotatable bonds is 7. The standard InChI is InChI=1S/C21H33F3N4/c1-8-17(12-26(7)14-21(22,23)24)13-27-18(20(4,5)6)11-19(25-27)28-15(2)9-10-16(28)3/h9-11,17H,8,12-14H2,1-7H3. The first-order chi connectivity index (χ1) is 12.8. The van der Waals surface area contributed by atoms with Crippen LogP contribution in [0, 0.1) is 19.8 Å². The number of halogens is 3. The van der Waals surface area contributed by atoms with Crippen molar-refractivity contribution in [1.29, 1.82) is 0 Å². The Labute approximate surface area is 166 Å². The molecular weight excluding hydrogens is 365 g/mol. The van der Waals surface area contributed by atoms with E-state index in [2.05, 4.69) is 43.5 Å². The van der Waals surface area contributed by atoms with Crippen LogP contribution in [-0.2, 0) is 12.0 Å². The Balaban J connectivity index is 2.30. The van der Waals surface area contributed by atoms with Gasteiger partial charge in [0, 0.05) is 41.7 Å². The van der Waals surface area contributed by atoms with Crippen molar-refractivity contribution in [2.24, 2.45) is 5.92 Å². The lowest BCUT2D eigenvalue weighted by molar-refractivity contribution is -0.144. The molecule has 2 rings (SSSR count). The van der Waals surface area contributed by atoms with Crippen LogP contribution in [0.3, 0.4) is 0 Å². The fourth-order valence-corrected chi connectivity index (χ4v) is 3.66. The molecule has 1 atom stereocenters. The largest absolute Gasteiger partial charge is 0.401 e. The van der Waals surface area contributed by atoms with Crippen molar-refractivity contribution in [2.45, 2.75) is 66.1 Å². The Hall–Kier alpha value is -1.76. The first-order valence-electron chi connectivity index (χ1n) is 9.80. The number of aromatic nitrogens is 3. The maximum absolute atomic E-state index is 12.7. The third-order valence-electron chi connectivity index (χ3n) is 5.06. The van der Waals surface area contributed by atoms with Crippen molar-refractivity contribution < 1.29 is 13.2 Å². The number of hydrogen-bond acceptors (Lipinski definition) is 2. The van der Waals surface area contributed by atoms with Gasteiger partial charge in [-0.25, -0.2) is 0 Å². The Bertz CT molecular complexity index is 761. The van der Waals surface area contributed by atoms with Crippen molar-refractivity contribution in [3.8, 4) is 5.82 Å². The van der Waals surface area contributed by atoms with Crippen molar-refractivity contribution in [2.75, 3.05) is 20.1 Å². The number of nitrogens with zero attached hydrogens (tertiary/aromatic N) is 4. The zero-order valence-corrected chi connectivity index (χ0v) is 18.1. The summed E-state index contributed by atoms with van der Waals surface area (Å²) < 4.78 is 42.1. The molecule has 0 N–H and O–H groups in total.